The summed E-state index contributed by atoms with van der Waals surface area (Å²) >= 11 is 7.82. The Balaban J connectivity index is 1.60. The molecule has 0 bridgehead atoms. The van der Waals surface area contributed by atoms with Gasteiger partial charge >= 0.3 is 5.69 Å². The first-order chi connectivity index (χ1) is 21.8. The number of sulfonamides is 1. The number of aryl methyl sites for hydroxylation is 1. The van der Waals surface area contributed by atoms with Crippen LogP contribution in [0.4, 0.5) is 17.2 Å². The molecule has 2 aliphatic rings. The van der Waals surface area contributed by atoms with Gasteiger partial charge in [0.25, 0.3) is 10.0 Å². The summed E-state index contributed by atoms with van der Waals surface area (Å²) in [5.74, 6) is -1.88. The van der Waals surface area contributed by atoms with Gasteiger partial charge in [0.2, 0.25) is 11.7 Å². The van der Waals surface area contributed by atoms with Crippen LogP contribution in [0.25, 0.3) is 0 Å². The third kappa shape index (κ3) is 6.72. The Morgan fingerprint density at radius 2 is 1.89 bits per heavy atom. The fourth-order valence-electron chi connectivity index (χ4n) is 6.19. The summed E-state index contributed by atoms with van der Waals surface area (Å²) in [6.45, 7) is 9.42. The number of halogens is 1. The van der Waals surface area contributed by atoms with E-state index < -0.39 is 56.6 Å². The molecule has 3 heterocycles. The Labute approximate surface area is 277 Å². The number of ether oxygens (including phenoxy) is 2. The number of nitrogens with one attached hydrogen (secondary N) is 2. The van der Waals surface area contributed by atoms with E-state index in [0.29, 0.717) is 18.0 Å². The number of carbonyl (C=O) groups is 1. The number of hydrogen-bond donors (Lipinski definition) is 2. The first-order valence-corrected chi connectivity index (χ1v) is 17.8. The SMILES string of the molecule is CCNC(=O)[C@H]1CC(Nc2nccc(N(C(CC)Cc3sccc3Cl)S(=O)(=O)c3ccc(C)cc3)c2[N+](=O)[O-])[C@@H]2OC(C)(C)O[C@H]12. The zero-order chi connectivity index (χ0) is 33.4. The van der Waals surface area contributed by atoms with Crippen molar-refractivity contribution in [2.24, 2.45) is 5.92 Å². The lowest BCUT2D eigenvalue weighted by Crippen LogP contribution is -2.42. The van der Waals surface area contributed by atoms with E-state index in [9.17, 15) is 23.3 Å². The molecule has 2 aromatic heterocycles. The molecular formula is C31H38ClN5O7S2. The van der Waals surface area contributed by atoms with Crippen LogP contribution in [0.5, 0.6) is 0 Å². The van der Waals surface area contributed by atoms with Crippen molar-refractivity contribution in [2.75, 3.05) is 16.2 Å². The Kier molecular flexibility index (Phi) is 9.94. The number of hydrogen-bond acceptors (Lipinski definition) is 10. The van der Waals surface area contributed by atoms with Crippen LogP contribution in [0.3, 0.4) is 0 Å². The minimum atomic E-state index is -4.32. The molecule has 1 aliphatic heterocycles. The number of benzene rings is 1. The van der Waals surface area contributed by atoms with E-state index in [-0.39, 0.29) is 35.1 Å². The molecule has 1 aromatic carbocycles. The maximum atomic E-state index is 14.4. The third-order valence-corrected chi connectivity index (χ3v) is 11.6. The van der Waals surface area contributed by atoms with Crippen LogP contribution in [0, 0.1) is 23.0 Å². The number of fused-ring (bicyclic) bond motifs is 1. The van der Waals surface area contributed by atoms with Crippen LogP contribution < -0.4 is 14.9 Å². The fraction of sp³-hybridized carbons (Fsp3) is 0.484. The Hall–Kier alpha value is -3.30. The first-order valence-electron chi connectivity index (χ1n) is 15.1. The monoisotopic (exact) mass is 691 g/mol. The van der Waals surface area contributed by atoms with E-state index in [2.05, 4.69) is 15.6 Å². The van der Waals surface area contributed by atoms with Crippen molar-refractivity contribution in [2.45, 2.75) is 88.9 Å². The highest BCUT2D eigenvalue weighted by Gasteiger charge is 2.56. The molecule has 1 amide bonds. The highest BCUT2D eigenvalue weighted by Crippen LogP contribution is 2.45. The second-order valence-corrected chi connectivity index (χ2v) is 15.1. The first kappa shape index (κ1) is 34.0. The minimum Gasteiger partial charge on any atom is -0.359 e. The molecule has 1 saturated carbocycles. The lowest BCUT2D eigenvalue weighted by Gasteiger charge is -2.32. The van der Waals surface area contributed by atoms with Gasteiger partial charge in [-0.15, -0.1) is 11.3 Å². The predicted octanol–water partition coefficient (Wildman–Crippen LogP) is 5.69. The summed E-state index contributed by atoms with van der Waals surface area (Å²) in [7, 11) is -4.32. The van der Waals surface area contributed by atoms with Gasteiger partial charge in [-0.25, -0.2) is 13.4 Å². The van der Waals surface area contributed by atoms with Gasteiger partial charge in [0.1, 0.15) is 17.9 Å². The van der Waals surface area contributed by atoms with Gasteiger partial charge in [-0.1, -0.05) is 36.2 Å². The van der Waals surface area contributed by atoms with E-state index in [1.54, 1.807) is 32.0 Å². The number of nitro groups is 1. The van der Waals surface area contributed by atoms with Crippen molar-refractivity contribution in [3.8, 4) is 0 Å². The zero-order valence-corrected chi connectivity index (χ0v) is 28.6. The number of amides is 1. The number of nitrogens with zero attached hydrogens (tertiary/aromatic N) is 3. The Morgan fingerprint density at radius 3 is 2.50 bits per heavy atom. The van der Waals surface area contributed by atoms with Crippen LogP contribution in [-0.2, 0) is 30.7 Å². The minimum absolute atomic E-state index is 0.00315. The van der Waals surface area contributed by atoms with Crippen LogP contribution in [-0.4, -0.2) is 60.9 Å². The Morgan fingerprint density at radius 1 is 1.20 bits per heavy atom. The number of anilines is 2. The summed E-state index contributed by atoms with van der Waals surface area (Å²) < 4.78 is 42.3. The zero-order valence-electron chi connectivity index (χ0n) is 26.2. The van der Waals surface area contributed by atoms with Gasteiger partial charge in [0.15, 0.2) is 5.79 Å². The average Bonchev–Trinajstić information content (AvgIpc) is 3.65. The molecule has 1 saturated heterocycles. The van der Waals surface area contributed by atoms with Crippen LogP contribution >= 0.6 is 22.9 Å². The summed E-state index contributed by atoms with van der Waals surface area (Å²) in [6.07, 6.45) is 0.991. The molecule has 248 valence electrons. The van der Waals surface area contributed by atoms with Gasteiger partial charge in [0, 0.05) is 24.0 Å². The summed E-state index contributed by atoms with van der Waals surface area (Å²) in [4.78, 5) is 30.3. The molecule has 2 N–H and O–H groups in total. The van der Waals surface area contributed by atoms with Crippen molar-refractivity contribution >= 4 is 56.1 Å². The average molecular weight is 692 g/mol. The second kappa shape index (κ2) is 13.4. The molecule has 46 heavy (non-hydrogen) atoms. The van der Waals surface area contributed by atoms with Crippen LogP contribution in [0.2, 0.25) is 5.02 Å². The lowest BCUT2D eigenvalue weighted by molar-refractivity contribution is -0.383. The predicted molar refractivity (Wildman–Crippen MR) is 177 cm³/mol. The summed E-state index contributed by atoms with van der Waals surface area (Å²) in [5, 5.41) is 21.2. The molecule has 0 radical (unpaired) electrons. The van der Waals surface area contributed by atoms with Gasteiger partial charge in [-0.2, -0.15) is 0 Å². The number of aromatic nitrogens is 1. The normalized spacial score (nSPS) is 22.7. The van der Waals surface area contributed by atoms with Crippen molar-refractivity contribution in [1.29, 1.82) is 0 Å². The molecule has 12 nitrogen and oxygen atoms in total. The van der Waals surface area contributed by atoms with E-state index in [1.165, 1.54) is 35.7 Å². The number of rotatable bonds is 12. The molecule has 2 fully saturated rings. The molecule has 15 heteroatoms. The Bertz CT molecular complexity index is 1700. The van der Waals surface area contributed by atoms with Crippen LogP contribution in [0.1, 0.15) is 51.0 Å². The van der Waals surface area contributed by atoms with Gasteiger partial charge in [-0.05, 0) is 70.2 Å². The lowest BCUT2D eigenvalue weighted by atomic mass is 10.0. The smallest absolute Gasteiger partial charge is 0.335 e. The molecule has 1 aliphatic carbocycles. The number of carbonyl (C=O) groups excluding carboxylic acids is 1. The molecule has 5 atom stereocenters. The highest BCUT2D eigenvalue weighted by atomic mass is 35.5. The summed E-state index contributed by atoms with van der Waals surface area (Å²) in [6, 6.07) is 8.13. The maximum absolute atomic E-state index is 14.4. The van der Waals surface area contributed by atoms with E-state index in [0.717, 1.165) is 14.7 Å². The third-order valence-electron chi connectivity index (χ3n) is 8.29. The van der Waals surface area contributed by atoms with Crippen LogP contribution in [0.15, 0.2) is 52.9 Å². The quantitative estimate of drug-likeness (QED) is 0.180. The number of pyridine rings is 1. The molecule has 3 aromatic rings. The topological polar surface area (TPSA) is 153 Å². The van der Waals surface area contributed by atoms with Crippen molar-refractivity contribution in [3.63, 3.8) is 0 Å². The largest absolute Gasteiger partial charge is 0.359 e. The van der Waals surface area contributed by atoms with E-state index in [1.807, 2.05) is 26.2 Å². The highest BCUT2D eigenvalue weighted by molar-refractivity contribution is 7.92. The molecule has 0 spiro atoms. The fourth-order valence-corrected chi connectivity index (χ4v) is 9.11. The second-order valence-electron chi connectivity index (χ2n) is 11.9. The van der Waals surface area contributed by atoms with Crippen molar-refractivity contribution < 1.29 is 27.6 Å². The molecule has 5 rings (SSSR count). The number of thiophene rings is 1. The molecule has 2 unspecified atom stereocenters. The van der Waals surface area contributed by atoms with Gasteiger partial charge in [-0.3, -0.25) is 19.2 Å². The van der Waals surface area contributed by atoms with Gasteiger partial charge in [0.05, 0.1) is 32.8 Å². The maximum Gasteiger partial charge on any atom is 0.335 e. The van der Waals surface area contributed by atoms with Crippen molar-refractivity contribution in [3.05, 3.63) is 73.6 Å². The standard InChI is InChI=1S/C31H38ClN5O7S2/c1-6-19(16-25-22(32)13-15-45-25)36(46(41,42)20-10-8-18(3)9-11-20)24-12-14-34-29(26(24)37(39)40)35-23-17-21(30(38)33-7-2)27-28(23)44-31(4,5)43-27/h8-15,19,21,23,27-28H,6-7,16-17H2,1-5H3,(H,33,38)(H,34,35)/t19?,21-,23?,27+,28-/m0/s1. The molecular weight excluding hydrogens is 654 g/mol. The van der Waals surface area contributed by atoms with E-state index in [4.69, 9.17) is 21.1 Å². The van der Waals surface area contributed by atoms with Gasteiger partial charge < -0.3 is 20.1 Å². The summed E-state index contributed by atoms with van der Waals surface area (Å²) in [5.41, 5.74) is 0.220. The van der Waals surface area contributed by atoms with E-state index >= 15 is 0 Å². The van der Waals surface area contributed by atoms with Crippen molar-refractivity contribution in [1.82, 2.24) is 10.3 Å².